The van der Waals surface area contributed by atoms with Crippen LogP contribution in [-0.2, 0) is 0 Å². The summed E-state index contributed by atoms with van der Waals surface area (Å²) < 4.78 is 5.88. The van der Waals surface area contributed by atoms with E-state index in [1.54, 1.807) is 0 Å². The molecule has 1 aromatic heterocycles. The zero-order chi connectivity index (χ0) is 14.7. The summed E-state index contributed by atoms with van der Waals surface area (Å²) in [5, 5.41) is 18.0. The summed E-state index contributed by atoms with van der Waals surface area (Å²) in [7, 11) is 0. The maximum atomic E-state index is 10.7. The molecule has 102 valence electrons. The monoisotopic (exact) mass is 337 g/mol. The maximum Gasteiger partial charge on any atom is 0.322 e. The van der Waals surface area contributed by atoms with E-state index in [-0.39, 0.29) is 29.0 Å². The van der Waals surface area contributed by atoms with Gasteiger partial charge in [0.1, 0.15) is 11.5 Å². The van der Waals surface area contributed by atoms with Gasteiger partial charge in [0.25, 0.3) is 5.69 Å². The Hall–Kier alpha value is -2.55. The summed E-state index contributed by atoms with van der Waals surface area (Å²) in [4.78, 5) is 17.9. The predicted molar refractivity (Wildman–Crippen MR) is 73.9 cm³/mol. The summed E-state index contributed by atoms with van der Waals surface area (Å²) in [5.41, 5.74) is 5.39. The van der Waals surface area contributed by atoms with Crippen molar-refractivity contribution in [1.82, 2.24) is 9.97 Å². The van der Waals surface area contributed by atoms with Crippen LogP contribution < -0.4 is 10.5 Å². The van der Waals surface area contributed by atoms with Gasteiger partial charge >= 0.3 is 6.01 Å². The molecule has 0 spiro atoms. The smallest absolute Gasteiger partial charge is 0.322 e. The van der Waals surface area contributed by atoms with Gasteiger partial charge in [0.15, 0.2) is 5.75 Å². The molecule has 9 heteroatoms. The van der Waals surface area contributed by atoms with Crippen molar-refractivity contribution in [3.63, 3.8) is 0 Å². The molecule has 0 saturated heterocycles. The first kappa shape index (κ1) is 13.9. The Labute approximate surface area is 121 Å². The molecule has 3 N–H and O–H groups in total. The lowest BCUT2D eigenvalue weighted by atomic mass is 10.3. The first-order valence-corrected chi connectivity index (χ1v) is 6.06. The van der Waals surface area contributed by atoms with Crippen molar-refractivity contribution in [2.45, 2.75) is 0 Å². The number of ether oxygens (including phenoxy) is 1. The average molecular weight is 338 g/mol. The van der Waals surface area contributed by atoms with Crippen LogP contribution in [0.5, 0.6) is 11.8 Å². The molecule has 0 fully saturated rings. The molecule has 0 aliphatic carbocycles. The third-order valence-corrected chi connectivity index (χ3v) is 2.89. The normalized spacial score (nSPS) is 10.1. The molecule has 0 atom stereocenters. The van der Waals surface area contributed by atoms with Crippen LogP contribution in [0.1, 0.15) is 5.69 Å². The van der Waals surface area contributed by atoms with E-state index >= 15 is 0 Å². The summed E-state index contributed by atoms with van der Waals surface area (Å²) in [6, 6.07) is 5.47. The number of hydrogen-bond donors (Lipinski definition) is 2. The molecule has 2 aromatic rings. The summed E-state index contributed by atoms with van der Waals surface area (Å²) in [5.74, 6) is -0.0322. The number of rotatable bonds is 4. The number of aromatic nitrogens is 2. The summed E-state index contributed by atoms with van der Waals surface area (Å²) in [6.45, 7) is 0. The topological polar surface area (TPSA) is 128 Å². The Balaban J connectivity index is 2.34. The predicted octanol–water partition coefficient (Wildman–Crippen LogP) is 2.22. The highest BCUT2D eigenvalue weighted by Gasteiger charge is 2.12. The zero-order valence-corrected chi connectivity index (χ0v) is 11.5. The van der Waals surface area contributed by atoms with Gasteiger partial charge in [-0.2, -0.15) is 4.98 Å². The first-order chi connectivity index (χ1) is 9.47. The van der Waals surface area contributed by atoms with E-state index in [0.29, 0.717) is 4.47 Å². The van der Waals surface area contributed by atoms with E-state index in [2.05, 4.69) is 25.9 Å². The second-order valence-electron chi connectivity index (χ2n) is 3.61. The maximum absolute atomic E-state index is 10.7. The first-order valence-electron chi connectivity index (χ1n) is 5.26. The Morgan fingerprint density at radius 2 is 2.20 bits per heavy atom. The van der Waals surface area contributed by atoms with Crippen molar-refractivity contribution in [2.75, 3.05) is 0 Å². The van der Waals surface area contributed by atoms with Crippen LogP contribution >= 0.6 is 15.9 Å². The fourth-order valence-corrected chi connectivity index (χ4v) is 1.65. The lowest BCUT2D eigenvalue weighted by molar-refractivity contribution is -0.384. The molecule has 0 amide bonds. The molecule has 0 aliphatic heterocycles. The number of non-ortho nitro benzene ring substituents is 1. The number of nitro benzene ring substituents is 1. The molecule has 1 heterocycles. The standard InChI is InChI=1S/C11H8BrN5O3/c12-7-2-1-6(17(18)19)5-9(7)20-11-15-4-3-8(16-11)10(13)14/h1-5H,(H3,13,14). The molecule has 0 aliphatic rings. The number of nitro groups is 1. The largest absolute Gasteiger partial charge is 0.423 e. The van der Waals surface area contributed by atoms with Crippen LogP contribution in [0.4, 0.5) is 5.69 Å². The number of benzene rings is 1. The van der Waals surface area contributed by atoms with Crippen molar-refractivity contribution < 1.29 is 9.66 Å². The van der Waals surface area contributed by atoms with Crippen molar-refractivity contribution in [1.29, 1.82) is 5.41 Å². The molecule has 1 aromatic carbocycles. The fraction of sp³-hybridized carbons (Fsp3) is 0. The number of nitrogens with two attached hydrogens (primary N) is 1. The molecule has 8 nitrogen and oxygen atoms in total. The van der Waals surface area contributed by atoms with Crippen LogP contribution in [0.2, 0.25) is 0 Å². The van der Waals surface area contributed by atoms with Gasteiger partial charge in [-0.25, -0.2) is 4.98 Å². The van der Waals surface area contributed by atoms with Gasteiger partial charge in [0, 0.05) is 12.3 Å². The minimum atomic E-state index is -0.536. The number of nitrogen functional groups attached to an aromatic ring is 1. The van der Waals surface area contributed by atoms with Crippen molar-refractivity contribution in [3.05, 3.63) is 50.7 Å². The number of nitrogens with one attached hydrogen (secondary N) is 1. The van der Waals surface area contributed by atoms with E-state index in [1.807, 2.05) is 0 Å². The van der Waals surface area contributed by atoms with Crippen molar-refractivity contribution >= 4 is 27.5 Å². The molecular weight excluding hydrogens is 330 g/mol. The van der Waals surface area contributed by atoms with Crippen LogP contribution in [-0.4, -0.2) is 20.7 Å². The zero-order valence-electron chi connectivity index (χ0n) is 9.91. The number of amidine groups is 1. The second-order valence-corrected chi connectivity index (χ2v) is 4.47. The fourth-order valence-electron chi connectivity index (χ4n) is 1.32. The van der Waals surface area contributed by atoms with Crippen LogP contribution in [0, 0.1) is 15.5 Å². The highest BCUT2D eigenvalue weighted by Crippen LogP contribution is 2.31. The second kappa shape index (κ2) is 5.61. The minimum absolute atomic E-state index is 0.0566. The number of nitrogens with zero attached hydrogens (tertiary/aromatic N) is 3. The van der Waals surface area contributed by atoms with Gasteiger partial charge in [0.2, 0.25) is 0 Å². The lowest BCUT2D eigenvalue weighted by Gasteiger charge is -2.06. The van der Waals surface area contributed by atoms with Gasteiger partial charge in [-0.05, 0) is 28.1 Å². The minimum Gasteiger partial charge on any atom is -0.423 e. The summed E-state index contributed by atoms with van der Waals surface area (Å²) >= 11 is 3.21. The summed E-state index contributed by atoms with van der Waals surface area (Å²) in [6.07, 6.45) is 1.38. The van der Waals surface area contributed by atoms with Gasteiger partial charge in [-0.3, -0.25) is 15.5 Å². The quantitative estimate of drug-likeness (QED) is 0.381. The third-order valence-electron chi connectivity index (χ3n) is 2.24. The Morgan fingerprint density at radius 3 is 2.85 bits per heavy atom. The van der Waals surface area contributed by atoms with E-state index in [1.165, 1.54) is 30.5 Å². The van der Waals surface area contributed by atoms with Crippen LogP contribution in [0.15, 0.2) is 34.9 Å². The molecule has 0 radical (unpaired) electrons. The number of halogens is 1. The molecule has 2 rings (SSSR count). The van der Waals surface area contributed by atoms with Gasteiger partial charge in [-0.1, -0.05) is 0 Å². The van der Waals surface area contributed by atoms with Crippen LogP contribution in [0.25, 0.3) is 0 Å². The van der Waals surface area contributed by atoms with E-state index < -0.39 is 4.92 Å². The number of hydrogen-bond acceptors (Lipinski definition) is 6. The van der Waals surface area contributed by atoms with Crippen molar-refractivity contribution in [3.8, 4) is 11.8 Å². The Morgan fingerprint density at radius 1 is 1.45 bits per heavy atom. The molecule has 0 bridgehead atoms. The SMILES string of the molecule is N=C(N)c1ccnc(Oc2cc([N+](=O)[O-])ccc2Br)n1. The third kappa shape index (κ3) is 3.06. The highest BCUT2D eigenvalue weighted by atomic mass is 79.9. The van der Waals surface area contributed by atoms with Gasteiger partial charge < -0.3 is 10.5 Å². The van der Waals surface area contributed by atoms with Crippen molar-refractivity contribution in [2.24, 2.45) is 5.73 Å². The average Bonchev–Trinajstić information content (AvgIpc) is 2.41. The Kier molecular flexibility index (Phi) is 3.89. The molecule has 0 saturated carbocycles. The van der Waals surface area contributed by atoms with E-state index in [4.69, 9.17) is 15.9 Å². The lowest BCUT2D eigenvalue weighted by Crippen LogP contribution is -2.13. The Bertz CT molecular complexity index is 692. The molecule has 20 heavy (non-hydrogen) atoms. The molecule has 0 unspecified atom stereocenters. The van der Waals surface area contributed by atoms with Gasteiger partial charge in [-0.15, -0.1) is 0 Å². The van der Waals surface area contributed by atoms with Gasteiger partial charge in [0.05, 0.1) is 15.5 Å². The molecular formula is C11H8BrN5O3. The van der Waals surface area contributed by atoms with Crippen LogP contribution in [0.3, 0.4) is 0 Å². The highest BCUT2D eigenvalue weighted by molar-refractivity contribution is 9.10. The van der Waals surface area contributed by atoms with E-state index in [9.17, 15) is 10.1 Å². The van der Waals surface area contributed by atoms with E-state index in [0.717, 1.165) is 0 Å².